The van der Waals surface area contributed by atoms with Crippen molar-refractivity contribution in [3.05, 3.63) is 0 Å². The van der Waals surface area contributed by atoms with E-state index in [0.29, 0.717) is 0 Å². The second-order valence-electron chi connectivity index (χ2n) is 4.24. The minimum atomic E-state index is 0.744. The Labute approximate surface area is 76.9 Å². The van der Waals surface area contributed by atoms with E-state index in [9.17, 15) is 0 Å². The van der Waals surface area contributed by atoms with Gasteiger partial charge in [-0.05, 0) is 32.2 Å². The molecule has 1 nitrogen and oxygen atoms in total. The van der Waals surface area contributed by atoms with Crippen LogP contribution in [-0.2, 0) is 0 Å². The highest BCUT2D eigenvalue weighted by Crippen LogP contribution is 2.28. The first kappa shape index (κ1) is 10.0. The summed E-state index contributed by atoms with van der Waals surface area (Å²) in [7, 11) is 0. The average Bonchev–Trinajstić information content (AvgIpc) is 2.53. The highest BCUT2D eigenvalue weighted by atomic mass is 14.9. The van der Waals surface area contributed by atoms with Gasteiger partial charge >= 0.3 is 0 Å². The summed E-state index contributed by atoms with van der Waals surface area (Å²) in [5.41, 5.74) is 0. The van der Waals surface area contributed by atoms with E-state index in [0.717, 1.165) is 12.0 Å². The molecule has 0 bridgehead atoms. The van der Waals surface area contributed by atoms with Crippen molar-refractivity contribution >= 4 is 0 Å². The Balaban J connectivity index is 2.03. The fourth-order valence-corrected chi connectivity index (χ4v) is 2.22. The lowest BCUT2D eigenvalue weighted by molar-refractivity contribution is 0.406. The molecule has 0 spiro atoms. The summed E-state index contributed by atoms with van der Waals surface area (Å²) in [6.07, 6.45) is 8.58. The van der Waals surface area contributed by atoms with Crippen LogP contribution in [0.4, 0.5) is 0 Å². The lowest BCUT2D eigenvalue weighted by Crippen LogP contribution is -2.28. The summed E-state index contributed by atoms with van der Waals surface area (Å²) in [6.45, 7) is 5.75. The second-order valence-corrected chi connectivity index (χ2v) is 4.24. The molecule has 1 unspecified atom stereocenters. The largest absolute Gasteiger partial charge is 0.314 e. The van der Waals surface area contributed by atoms with Crippen LogP contribution in [0.3, 0.4) is 0 Å². The van der Waals surface area contributed by atoms with Crippen LogP contribution in [0.5, 0.6) is 0 Å². The summed E-state index contributed by atoms with van der Waals surface area (Å²) in [5, 5.41) is 3.56. The fourth-order valence-electron chi connectivity index (χ4n) is 2.22. The maximum atomic E-state index is 3.56. The summed E-state index contributed by atoms with van der Waals surface area (Å²) in [6, 6.07) is 0.744. The lowest BCUT2D eigenvalue weighted by Gasteiger charge is -2.17. The first-order valence-electron chi connectivity index (χ1n) is 5.56. The lowest BCUT2D eigenvalue weighted by atomic mass is 9.99. The van der Waals surface area contributed by atoms with E-state index >= 15 is 0 Å². The molecule has 1 atom stereocenters. The Morgan fingerprint density at radius 2 is 2.00 bits per heavy atom. The Hall–Kier alpha value is -0.0400. The summed E-state index contributed by atoms with van der Waals surface area (Å²) < 4.78 is 0. The third-order valence-corrected chi connectivity index (χ3v) is 2.90. The molecule has 0 heterocycles. The van der Waals surface area contributed by atoms with Crippen molar-refractivity contribution in [2.24, 2.45) is 5.92 Å². The van der Waals surface area contributed by atoms with Gasteiger partial charge in [0.25, 0.3) is 0 Å². The van der Waals surface area contributed by atoms with Crippen LogP contribution in [0.15, 0.2) is 0 Å². The molecule has 12 heavy (non-hydrogen) atoms. The number of hydrogen-bond acceptors (Lipinski definition) is 1. The van der Waals surface area contributed by atoms with Gasteiger partial charge in [-0.2, -0.15) is 0 Å². The van der Waals surface area contributed by atoms with Crippen LogP contribution in [0.25, 0.3) is 0 Å². The maximum Gasteiger partial charge on any atom is 0.00413 e. The van der Waals surface area contributed by atoms with Crippen molar-refractivity contribution in [2.75, 3.05) is 6.54 Å². The number of nitrogens with one attached hydrogen (secondary N) is 1. The molecule has 1 rings (SSSR count). The van der Waals surface area contributed by atoms with Crippen LogP contribution < -0.4 is 5.32 Å². The Morgan fingerprint density at radius 3 is 2.58 bits per heavy atom. The molecule has 1 fully saturated rings. The molecule has 1 heteroatoms. The zero-order chi connectivity index (χ0) is 8.81. The zero-order valence-electron chi connectivity index (χ0n) is 8.60. The van der Waals surface area contributed by atoms with Crippen LogP contribution in [0.2, 0.25) is 0 Å². The summed E-state index contributed by atoms with van der Waals surface area (Å²) in [5.74, 6) is 1.03. The quantitative estimate of drug-likeness (QED) is 0.667. The van der Waals surface area contributed by atoms with Gasteiger partial charge in [-0.3, -0.25) is 0 Å². The normalized spacial score (nSPS) is 21.5. The molecule has 72 valence electrons. The summed E-state index contributed by atoms with van der Waals surface area (Å²) in [4.78, 5) is 0. The van der Waals surface area contributed by atoms with Crippen LogP contribution in [0, 0.1) is 5.92 Å². The predicted octanol–water partition coefficient (Wildman–Crippen LogP) is 2.95. The van der Waals surface area contributed by atoms with Gasteiger partial charge in [0.15, 0.2) is 0 Å². The molecule has 1 aliphatic carbocycles. The fraction of sp³-hybridized carbons (Fsp3) is 1.00. The van der Waals surface area contributed by atoms with Crippen LogP contribution in [-0.4, -0.2) is 12.6 Å². The minimum Gasteiger partial charge on any atom is -0.314 e. The predicted molar refractivity (Wildman–Crippen MR) is 54.3 cm³/mol. The molecular formula is C11H23N. The number of hydrogen-bond donors (Lipinski definition) is 1. The molecule has 0 amide bonds. The standard InChI is InChI=1S/C11H23N/c1-3-8-12-10(2)9-11-6-4-5-7-11/h10-12H,3-9H2,1-2H3. The van der Waals surface area contributed by atoms with Gasteiger partial charge in [-0.15, -0.1) is 0 Å². The molecule has 0 aromatic rings. The summed E-state index contributed by atoms with van der Waals surface area (Å²) >= 11 is 0. The van der Waals surface area contributed by atoms with E-state index in [1.165, 1.54) is 45.1 Å². The van der Waals surface area contributed by atoms with Crippen molar-refractivity contribution in [3.63, 3.8) is 0 Å². The Morgan fingerprint density at radius 1 is 1.33 bits per heavy atom. The van der Waals surface area contributed by atoms with Crippen molar-refractivity contribution in [2.45, 2.75) is 58.4 Å². The first-order chi connectivity index (χ1) is 5.83. The third-order valence-electron chi connectivity index (χ3n) is 2.90. The average molecular weight is 169 g/mol. The molecule has 1 saturated carbocycles. The van der Waals surface area contributed by atoms with E-state index in [1.54, 1.807) is 0 Å². The van der Waals surface area contributed by atoms with Gasteiger partial charge < -0.3 is 5.32 Å². The van der Waals surface area contributed by atoms with Gasteiger partial charge in [-0.1, -0.05) is 32.6 Å². The Kier molecular flexibility index (Phi) is 4.67. The third kappa shape index (κ3) is 3.57. The molecule has 0 saturated heterocycles. The van der Waals surface area contributed by atoms with E-state index in [-0.39, 0.29) is 0 Å². The SMILES string of the molecule is CCCNC(C)CC1CCCC1. The molecule has 0 aromatic heterocycles. The molecule has 1 N–H and O–H groups in total. The molecule has 0 radical (unpaired) electrons. The monoisotopic (exact) mass is 169 g/mol. The van der Waals surface area contributed by atoms with E-state index < -0.39 is 0 Å². The number of rotatable bonds is 5. The van der Waals surface area contributed by atoms with E-state index in [2.05, 4.69) is 19.2 Å². The molecule has 0 aliphatic heterocycles. The van der Waals surface area contributed by atoms with Crippen molar-refractivity contribution in [1.82, 2.24) is 5.32 Å². The smallest absolute Gasteiger partial charge is 0.00413 e. The van der Waals surface area contributed by atoms with Gasteiger partial charge in [0.05, 0.1) is 0 Å². The van der Waals surface area contributed by atoms with Gasteiger partial charge in [0.1, 0.15) is 0 Å². The molecular weight excluding hydrogens is 146 g/mol. The Bertz CT molecular complexity index is 106. The van der Waals surface area contributed by atoms with Crippen LogP contribution in [0.1, 0.15) is 52.4 Å². The zero-order valence-corrected chi connectivity index (χ0v) is 8.60. The van der Waals surface area contributed by atoms with Gasteiger partial charge in [0, 0.05) is 6.04 Å². The highest BCUT2D eigenvalue weighted by Gasteiger charge is 2.16. The molecule has 1 aliphatic rings. The van der Waals surface area contributed by atoms with Gasteiger partial charge in [-0.25, -0.2) is 0 Å². The molecule has 0 aromatic carbocycles. The highest BCUT2D eigenvalue weighted by molar-refractivity contribution is 4.72. The van der Waals surface area contributed by atoms with Crippen molar-refractivity contribution in [3.8, 4) is 0 Å². The van der Waals surface area contributed by atoms with Crippen LogP contribution >= 0.6 is 0 Å². The van der Waals surface area contributed by atoms with Crippen molar-refractivity contribution < 1.29 is 0 Å². The minimum absolute atomic E-state index is 0.744. The van der Waals surface area contributed by atoms with E-state index in [1.807, 2.05) is 0 Å². The second kappa shape index (κ2) is 5.58. The van der Waals surface area contributed by atoms with Crippen molar-refractivity contribution in [1.29, 1.82) is 0 Å². The maximum absolute atomic E-state index is 3.56. The first-order valence-corrected chi connectivity index (χ1v) is 5.56. The van der Waals surface area contributed by atoms with E-state index in [4.69, 9.17) is 0 Å². The topological polar surface area (TPSA) is 12.0 Å². The van der Waals surface area contributed by atoms with Gasteiger partial charge in [0.2, 0.25) is 0 Å².